The molecule has 2 heteroatoms. The average Bonchev–Trinajstić information content (AvgIpc) is 3.17. The molecule has 0 bridgehead atoms. The standard InChI is InChI=1S/C18H15NS/c1-4-14-10-19(11-18(14)16-7-8-20-12-16)17-6-5-15(9-17)13(2)3/h1,5-8,10-12H,2,9H2,3H3. The second-order valence-electron chi connectivity index (χ2n) is 4.96. The lowest BCUT2D eigenvalue weighted by Gasteiger charge is -2.06. The molecular weight excluding hydrogens is 262 g/mol. The summed E-state index contributed by atoms with van der Waals surface area (Å²) in [6.07, 6.45) is 15.0. The van der Waals surface area contributed by atoms with Crippen LogP contribution < -0.4 is 0 Å². The first-order valence-electron chi connectivity index (χ1n) is 6.46. The van der Waals surface area contributed by atoms with Crippen molar-refractivity contribution in [1.29, 1.82) is 0 Å². The molecule has 0 spiro atoms. The van der Waals surface area contributed by atoms with Gasteiger partial charge in [-0.05, 0) is 41.0 Å². The highest BCUT2D eigenvalue weighted by molar-refractivity contribution is 7.08. The molecule has 0 N–H and O–H groups in total. The minimum Gasteiger partial charge on any atom is -0.325 e. The van der Waals surface area contributed by atoms with E-state index in [0.29, 0.717) is 0 Å². The minimum atomic E-state index is 0.914. The van der Waals surface area contributed by atoms with E-state index in [1.54, 1.807) is 11.3 Å². The predicted octanol–water partition coefficient (Wildman–Crippen LogP) is 4.95. The van der Waals surface area contributed by atoms with Crippen LogP contribution in [-0.4, -0.2) is 4.57 Å². The lowest BCUT2D eigenvalue weighted by atomic mass is 10.1. The van der Waals surface area contributed by atoms with Gasteiger partial charge in [0, 0.05) is 30.1 Å². The van der Waals surface area contributed by atoms with Crippen molar-refractivity contribution >= 4 is 17.0 Å². The molecule has 1 aliphatic rings. The fraction of sp³-hybridized carbons (Fsp3) is 0.111. The molecule has 0 saturated heterocycles. The molecule has 0 unspecified atom stereocenters. The summed E-state index contributed by atoms with van der Waals surface area (Å²) in [5, 5.41) is 4.20. The Hall–Kier alpha value is -2.24. The number of terminal acetylenes is 1. The maximum absolute atomic E-state index is 5.64. The average molecular weight is 277 g/mol. The van der Waals surface area contributed by atoms with Gasteiger partial charge >= 0.3 is 0 Å². The number of aromatic nitrogens is 1. The summed E-state index contributed by atoms with van der Waals surface area (Å²) in [5.74, 6) is 2.78. The van der Waals surface area contributed by atoms with Gasteiger partial charge in [-0.1, -0.05) is 24.1 Å². The number of allylic oxidation sites excluding steroid dienone is 5. The normalized spacial score (nSPS) is 13.8. The fourth-order valence-electron chi connectivity index (χ4n) is 2.36. The van der Waals surface area contributed by atoms with E-state index in [1.165, 1.54) is 16.8 Å². The Bertz CT molecular complexity index is 761. The molecule has 2 aromatic heterocycles. The Morgan fingerprint density at radius 3 is 2.85 bits per heavy atom. The van der Waals surface area contributed by atoms with Crippen LogP contribution in [0.1, 0.15) is 18.9 Å². The van der Waals surface area contributed by atoms with Crippen molar-refractivity contribution in [3.05, 3.63) is 64.7 Å². The van der Waals surface area contributed by atoms with E-state index in [0.717, 1.165) is 23.1 Å². The van der Waals surface area contributed by atoms with Crippen molar-refractivity contribution in [2.24, 2.45) is 0 Å². The van der Waals surface area contributed by atoms with Gasteiger partial charge in [-0.2, -0.15) is 11.3 Å². The number of hydrogen-bond donors (Lipinski definition) is 0. The monoisotopic (exact) mass is 277 g/mol. The second-order valence-corrected chi connectivity index (χ2v) is 5.74. The smallest absolute Gasteiger partial charge is 0.0502 e. The van der Waals surface area contributed by atoms with Crippen molar-refractivity contribution in [1.82, 2.24) is 4.57 Å². The first-order chi connectivity index (χ1) is 9.69. The molecule has 0 atom stereocenters. The zero-order valence-electron chi connectivity index (χ0n) is 11.4. The van der Waals surface area contributed by atoms with Gasteiger partial charge in [0.25, 0.3) is 0 Å². The summed E-state index contributed by atoms with van der Waals surface area (Å²) in [5.41, 5.74) is 6.90. The molecule has 2 aromatic rings. The van der Waals surface area contributed by atoms with Gasteiger partial charge in [-0.3, -0.25) is 0 Å². The van der Waals surface area contributed by atoms with E-state index in [4.69, 9.17) is 6.42 Å². The van der Waals surface area contributed by atoms with Gasteiger partial charge < -0.3 is 4.57 Å². The van der Waals surface area contributed by atoms with Crippen LogP contribution in [0.5, 0.6) is 0 Å². The largest absolute Gasteiger partial charge is 0.325 e. The topological polar surface area (TPSA) is 4.93 Å². The van der Waals surface area contributed by atoms with E-state index in [9.17, 15) is 0 Å². The molecule has 0 fully saturated rings. The van der Waals surface area contributed by atoms with Crippen LogP contribution in [-0.2, 0) is 0 Å². The minimum absolute atomic E-state index is 0.914. The molecule has 20 heavy (non-hydrogen) atoms. The van der Waals surface area contributed by atoms with Crippen LogP contribution >= 0.6 is 11.3 Å². The third kappa shape index (κ3) is 2.17. The van der Waals surface area contributed by atoms with E-state index < -0.39 is 0 Å². The first-order valence-corrected chi connectivity index (χ1v) is 7.40. The zero-order valence-corrected chi connectivity index (χ0v) is 12.2. The summed E-state index contributed by atoms with van der Waals surface area (Å²) >= 11 is 1.69. The van der Waals surface area contributed by atoms with Crippen LogP contribution in [0.4, 0.5) is 0 Å². The Morgan fingerprint density at radius 2 is 2.25 bits per heavy atom. The van der Waals surface area contributed by atoms with Gasteiger partial charge in [0.2, 0.25) is 0 Å². The lowest BCUT2D eigenvalue weighted by molar-refractivity contribution is 1.05. The quantitative estimate of drug-likeness (QED) is 0.700. The molecule has 1 aliphatic carbocycles. The van der Waals surface area contributed by atoms with Crippen LogP contribution in [0.2, 0.25) is 0 Å². The number of rotatable bonds is 3. The van der Waals surface area contributed by atoms with Crippen molar-refractivity contribution in [2.45, 2.75) is 13.3 Å². The highest BCUT2D eigenvalue weighted by atomic mass is 32.1. The molecule has 3 rings (SSSR count). The maximum atomic E-state index is 5.64. The predicted molar refractivity (Wildman–Crippen MR) is 87.5 cm³/mol. The highest BCUT2D eigenvalue weighted by Gasteiger charge is 2.14. The van der Waals surface area contributed by atoms with Crippen LogP contribution in [0.25, 0.3) is 16.8 Å². The highest BCUT2D eigenvalue weighted by Crippen LogP contribution is 2.32. The summed E-state index contributed by atoms with van der Waals surface area (Å²) in [7, 11) is 0. The molecule has 0 radical (unpaired) electrons. The Labute approximate surface area is 123 Å². The number of hydrogen-bond acceptors (Lipinski definition) is 1. The van der Waals surface area contributed by atoms with Crippen LogP contribution in [0.15, 0.2) is 59.1 Å². The van der Waals surface area contributed by atoms with Crippen LogP contribution in [0, 0.1) is 12.3 Å². The SMILES string of the molecule is C#Cc1cn(C2=CC=C(C(=C)C)C2)cc1-c1ccsc1. The zero-order chi connectivity index (χ0) is 14.1. The molecule has 0 aliphatic heterocycles. The maximum Gasteiger partial charge on any atom is 0.0502 e. The van der Waals surface area contributed by atoms with E-state index in [-0.39, 0.29) is 0 Å². The van der Waals surface area contributed by atoms with Gasteiger partial charge in [0.1, 0.15) is 0 Å². The lowest BCUT2D eigenvalue weighted by Crippen LogP contribution is -1.92. The molecule has 98 valence electrons. The van der Waals surface area contributed by atoms with E-state index >= 15 is 0 Å². The number of nitrogens with zero attached hydrogens (tertiary/aromatic N) is 1. The van der Waals surface area contributed by atoms with Crippen molar-refractivity contribution in [2.75, 3.05) is 0 Å². The molecule has 2 heterocycles. The van der Waals surface area contributed by atoms with Crippen molar-refractivity contribution in [3.8, 4) is 23.5 Å². The Balaban J connectivity index is 1.95. The van der Waals surface area contributed by atoms with Crippen LogP contribution in [0.3, 0.4) is 0 Å². The molecular formula is C18H15NS. The number of thiophene rings is 1. The molecule has 0 aromatic carbocycles. The Morgan fingerprint density at radius 1 is 1.40 bits per heavy atom. The van der Waals surface area contributed by atoms with Gasteiger partial charge in [0.05, 0.1) is 5.56 Å². The third-order valence-corrected chi connectivity index (χ3v) is 4.23. The van der Waals surface area contributed by atoms with Crippen molar-refractivity contribution < 1.29 is 0 Å². The van der Waals surface area contributed by atoms with Gasteiger partial charge in [-0.15, -0.1) is 6.42 Å². The fourth-order valence-corrected chi connectivity index (χ4v) is 3.02. The summed E-state index contributed by atoms with van der Waals surface area (Å²) in [6, 6.07) is 2.10. The Kier molecular flexibility index (Phi) is 3.22. The molecule has 0 amide bonds. The molecule has 1 nitrogen and oxygen atoms in total. The summed E-state index contributed by atoms with van der Waals surface area (Å²) in [4.78, 5) is 0. The van der Waals surface area contributed by atoms with E-state index in [1.807, 2.05) is 13.1 Å². The summed E-state index contributed by atoms with van der Waals surface area (Å²) < 4.78 is 2.13. The first kappa shape index (κ1) is 12.8. The third-order valence-electron chi connectivity index (χ3n) is 3.54. The second kappa shape index (κ2) is 5.03. The molecule has 0 saturated carbocycles. The van der Waals surface area contributed by atoms with Gasteiger partial charge in [-0.25, -0.2) is 0 Å². The van der Waals surface area contributed by atoms with Crippen molar-refractivity contribution in [3.63, 3.8) is 0 Å². The van der Waals surface area contributed by atoms with E-state index in [2.05, 4.69) is 52.2 Å². The summed E-state index contributed by atoms with van der Waals surface area (Å²) in [6.45, 7) is 6.05. The van der Waals surface area contributed by atoms with Gasteiger partial charge in [0.15, 0.2) is 0 Å².